The van der Waals surface area contributed by atoms with Crippen molar-refractivity contribution in [1.82, 2.24) is 4.98 Å². The quantitative estimate of drug-likeness (QED) is 0.790. The highest BCUT2D eigenvalue weighted by Gasteiger charge is 2.05. The van der Waals surface area contributed by atoms with Gasteiger partial charge in [-0.1, -0.05) is 6.92 Å². The van der Waals surface area contributed by atoms with Crippen LogP contribution >= 0.6 is 0 Å². The summed E-state index contributed by atoms with van der Waals surface area (Å²) in [6.45, 7) is 2.27. The van der Waals surface area contributed by atoms with Gasteiger partial charge in [0.2, 0.25) is 0 Å². The maximum atomic E-state index is 13.0. The summed E-state index contributed by atoms with van der Waals surface area (Å²) in [7, 11) is 0. The van der Waals surface area contributed by atoms with Gasteiger partial charge in [-0.3, -0.25) is 0 Å². The summed E-state index contributed by atoms with van der Waals surface area (Å²) in [5.74, 6) is -1.41. The molecule has 2 N–H and O–H groups in total. The molecule has 0 saturated carbocycles. The lowest BCUT2D eigenvalue weighted by Crippen LogP contribution is -2.13. The monoisotopic (exact) mass is 216 g/mol. The van der Waals surface area contributed by atoms with Gasteiger partial charge in [0.05, 0.1) is 12.3 Å². The zero-order valence-electron chi connectivity index (χ0n) is 8.50. The Bertz CT molecular complexity index is 320. The van der Waals surface area contributed by atoms with Crippen LogP contribution in [0.1, 0.15) is 19.8 Å². The van der Waals surface area contributed by atoms with Gasteiger partial charge in [-0.05, 0) is 12.8 Å². The van der Waals surface area contributed by atoms with Gasteiger partial charge in [0.25, 0.3) is 0 Å². The zero-order valence-corrected chi connectivity index (χ0v) is 8.50. The van der Waals surface area contributed by atoms with Crippen LogP contribution in [0.5, 0.6) is 0 Å². The summed E-state index contributed by atoms with van der Waals surface area (Å²) in [5, 5.41) is 11.9. The molecule has 0 aliphatic heterocycles. The van der Waals surface area contributed by atoms with E-state index < -0.39 is 17.7 Å². The third-order valence-corrected chi connectivity index (χ3v) is 2.05. The minimum absolute atomic E-state index is 0.0136. The Kier molecular flexibility index (Phi) is 4.42. The fourth-order valence-electron chi connectivity index (χ4n) is 1.11. The topological polar surface area (TPSA) is 45.1 Å². The van der Waals surface area contributed by atoms with Gasteiger partial charge in [0.15, 0.2) is 11.6 Å². The molecule has 1 atom stereocenters. The van der Waals surface area contributed by atoms with Crippen molar-refractivity contribution in [3.05, 3.63) is 23.9 Å². The standard InChI is InChI=1S/C10H14F2N2O/c1-2-8(15)3-4-13-10-9(12)5-7(11)6-14-10/h5-6,8,15H,2-4H2,1H3,(H,13,14). The molecule has 3 nitrogen and oxygen atoms in total. The van der Waals surface area contributed by atoms with Crippen LogP contribution in [0.25, 0.3) is 0 Å². The van der Waals surface area contributed by atoms with E-state index in [1.54, 1.807) is 0 Å². The lowest BCUT2D eigenvalue weighted by atomic mass is 10.2. The first-order valence-electron chi connectivity index (χ1n) is 4.86. The van der Waals surface area contributed by atoms with E-state index in [0.29, 0.717) is 19.4 Å². The van der Waals surface area contributed by atoms with Crippen molar-refractivity contribution in [3.8, 4) is 0 Å². The SMILES string of the molecule is CCC(O)CCNc1ncc(F)cc1F. The maximum absolute atomic E-state index is 13.0. The minimum Gasteiger partial charge on any atom is -0.393 e. The number of anilines is 1. The van der Waals surface area contributed by atoms with E-state index in [-0.39, 0.29) is 5.82 Å². The first kappa shape index (κ1) is 11.8. The Labute approximate surface area is 87.2 Å². The molecule has 0 radical (unpaired) electrons. The predicted molar refractivity (Wildman–Crippen MR) is 53.6 cm³/mol. The Morgan fingerprint density at radius 1 is 1.53 bits per heavy atom. The second-order valence-electron chi connectivity index (χ2n) is 3.26. The van der Waals surface area contributed by atoms with Crippen LogP contribution < -0.4 is 5.32 Å². The first-order valence-corrected chi connectivity index (χ1v) is 4.86. The van der Waals surface area contributed by atoms with Crippen molar-refractivity contribution in [2.45, 2.75) is 25.9 Å². The normalized spacial score (nSPS) is 12.5. The summed E-state index contributed by atoms with van der Waals surface area (Å²) >= 11 is 0. The molecule has 0 aromatic carbocycles. The molecule has 1 unspecified atom stereocenters. The second-order valence-corrected chi connectivity index (χ2v) is 3.26. The number of pyridine rings is 1. The largest absolute Gasteiger partial charge is 0.393 e. The van der Waals surface area contributed by atoms with Crippen LogP contribution in [-0.2, 0) is 0 Å². The second kappa shape index (κ2) is 5.60. The van der Waals surface area contributed by atoms with Crippen molar-refractivity contribution in [1.29, 1.82) is 0 Å². The van der Waals surface area contributed by atoms with E-state index in [4.69, 9.17) is 0 Å². The van der Waals surface area contributed by atoms with Gasteiger partial charge in [-0.15, -0.1) is 0 Å². The number of hydrogen-bond donors (Lipinski definition) is 2. The van der Waals surface area contributed by atoms with Gasteiger partial charge < -0.3 is 10.4 Å². The predicted octanol–water partition coefficient (Wildman–Crippen LogP) is 1.93. The number of halogens is 2. The lowest BCUT2D eigenvalue weighted by Gasteiger charge is -2.09. The van der Waals surface area contributed by atoms with Crippen LogP contribution in [0.15, 0.2) is 12.3 Å². The molecule has 0 bridgehead atoms. The molecule has 5 heteroatoms. The van der Waals surface area contributed by atoms with Crippen molar-refractivity contribution < 1.29 is 13.9 Å². The molecule has 84 valence electrons. The third-order valence-electron chi connectivity index (χ3n) is 2.05. The summed E-state index contributed by atoms with van der Waals surface area (Å²) in [6.07, 6.45) is 1.71. The minimum atomic E-state index is -0.721. The summed E-state index contributed by atoms with van der Waals surface area (Å²) < 4.78 is 25.5. The van der Waals surface area contributed by atoms with Crippen LogP contribution in [0.4, 0.5) is 14.6 Å². The molecule has 0 aliphatic rings. The number of rotatable bonds is 5. The molecular formula is C10H14F2N2O. The fraction of sp³-hybridized carbons (Fsp3) is 0.500. The Morgan fingerprint density at radius 3 is 2.87 bits per heavy atom. The molecule has 1 heterocycles. The number of hydrogen-bond acceptors (Lipinski definition) is 3. The lowest BCUT2D eigenvalue weighted by molar-refractivity contribution is 0.164. The molecule has 1 aromatic rings. The molecule has 15 heavy (non-hydrogen) atoms. The van der Waals surface area contributed by atoms with Crippen LogP contribution in [-0.4, -0.2) is 22.7 Å². The van der Waals surface area contributed by atoms with Crippen LogP contribution in [0.3, 0.4) is 0 Å². The van der Waals surface area contributed by atoms with Gasteiger partial charge >= 0.3 is 0 Å². The fourth-order valence-corrected chi connectivity index (χ4v) is 1.11. The molecule has 1 aromatic heterocycles. The van der Waals surface area contributed by atoms with Gasteiger partial charge in [-0.2, -0.15) is 0 Å². The zero-order chi connectivity index (χ0) is 11.3. The smallest absolute Gasteiger partial charge is 0.168 e. The maximum Gasteiger partial charge on any atom is 0.168 e. The number of aliphatic hydroxyl groups excluding tert-OH is 1. The number of aliphatic hydroxyl groups is 1. The van der Waals surface area contributed by atoms with Crippen molar-refractivity contribution in [2.24, 2.45) is 0 Å². The highest BCUT2D eigenvalue weighted by molar-refractivity contribution is 5.35. The van der Waals surface area contributed by atoms with Gasteiger partial charge in [0.1, 0.15) is 5.82 Å². The summed E-state index contributed by atoms with van der Waals surface area (Å²) in [5.41, 5.74) is 0. The third kappa shape index (κ3) is 3.79. The highest BCUT2D eigenvalue weighted by Crippen LogP contribution is 2.11. The van der Waals surface area contributed by atoms with E-state index in [1.807, 2.05) is 6.92 Å². The molecule has 0 fully saturated rings. The molecule has 0 aliphatic carbocycles. The van der Waals surface area contributed by atoms with E-state index in [1.165, 1.54) is 0 Å². The Balaban J connectivity index is 2.44. The Hall–Kier alpha value is -1.23. The van der Waals surface area contributed by atoms with Crippen LogP contribution in [0.2, 0.25) is 0 Å². The summed E-state index contributed by atoms with van der Waals surface area (Å²) in [4.78, 5) is 3.56. The van der Waals surface area contributed by atoms with Gasteiger partial charge in [0, 0.05) is 12.6 Å². The van der Waals surface area contributed by atoms with Gasteiger partial charge in [-0.25, -0.2) is 13.8 Å². The van der Waals surface area contributed by atoms with E-state index in [2.05, 4.69) is 10.3 Å². The average Bonchev–Trinajstić information content (AvgIpc) is 2.21. The van der Waals surface area contributed by atoms with Crippen molar-refractivity contribution in [3.63, 3.8) is 0 Å². The number of aromatic nitrogens is 1. The Morgan fingerprint density at radius 2 is 2.27 bits per heavy atom. The molecule has 0 spiro atoms. The highest BCUT2D eigenvalue weighted by atomic mass is 19.1. The summed E-state index contributed by atoms with van der Waals surface area (Å²) in [6, 6.07) is 0.769. The van der Waals surface area contributed by atoms with Crippen LogP contribution in [0, 0.1) is 11.6 Å². The van der Waals surface area contributed by atoms with Crippen molar-refractivity contribution in [2.75, 3.05) is 11.9 Å². The number of nitrogens with one attached hydrogen (secondary N) is 1. The number of nitrogens with zero attached hydrogens (tertiary/aromatic N) is 1. The van der Waals surface area contributed by atoms with E-state index in [0.717, 1.165) is 12.3 Å². The molecule has 0 saturated heterocycles. The average molecular weight is 216 g/mol. The molecular weight excluding hydrogens is 202 g/mol. The first-order chi connectivity index (χ1) is 7.13. The van der Waals surface area contributed by atoms with E-state index in [9.17, 15) is 13.9 Å². The van der Waals surface area contributed by atoms with Crippen molar-refractivity contribution >= 4 is 5.82 Å². The molecule has 0 amide bonds. The molecule has 1 rings (SSSR count). The van der Waals surface area contributed by atoms with E-state index >= 15 is 0 Å².